The zero-order valence-electron chi connectivity index (χ0n) is 14.5. The third-order valence-corrected chi connectivity index (χ3v) is 4.17. The number of hydrogen-bond donors (Lipinski definition) is 1. The Balaban J connectivity index is 1.71. The quantitative estimate of drug-likeness (QED) is 0.739. The number of carboxylic acid groups (broad SMARTS) is 1. The maximum absolute atomic E-state index is 14.4. The number of ether oxygens (including phenoxy) is 2. The summed E-state index contributed by atoms with van der Waals surface area (Å²) in [4.78, 5) is 15.2. The molecule has 1 aliphatic rings. The molecule has 0 unspecified atom stereocenters. The van der Waals surface area contributed by atoms with E-state index >= 15 is 0 Å². The van der Waals surface area contributed by atoms with E-state index in [1.54, 1.807) is 6.07 Å². The average Bonchev–Trinajstić information content (AvgIpc) is 3.21. The number of aromatic nitrogens is 2. The Labute approximate surface area is 153 Å². The second kappa shape index (κ2) is 6.08. The molecule has 0 spiro atoms. The smallest absolute Gasteiger partial charge is 0.335 e. The number of carboxylic acids is 1. The van der Waals surface area contributed by atoms with Crippen molar-refractivity contribution >= 4 is 5.97 Å². The van der Waals surface area contributed by atoms with Crippen molar-refractivity contribution in [1.29, 1.82) is 0 Å². The lowest BCUT2D eigenvalue weighted by molar-refractivity contribution is 0.0695. The number of benzene rings is 2. The van der Waals surface area contributed by atoms with Crippen LogP contribution in [0.4, 0.5) is 4.39 Å². The Hall–Kier alpha value is -3.42. The lowest BCUT2D eigenvalue weighted by Crippen LogP contribution is -2.24. The molecule has 7 nitrogen and oxygen atoms in total. The fraction of sp³-hybridized carbons (Fsp3) is 0.211. The first-order valence-electron chi connectivity index (χ1n) is 8.16. The molecule has 4 rings (SSSR count). The van der Waals surface area contributed by atoms with Crippen LogP contribution in [-0.2, 0) is 6.42 Å². The van der Waals surface area contributed by atoms with E-state index in [9.17, 15) is 14.3 Å². The molecular formula is C19H15FN2O5. The summed E-state index contributed by atoms with van der Waals surface area (Å²) >= 11 is 0. The Morgan fingerprint density at radius 2 is 2.11 bits per heavy atom. The van der Waals surface area contributed by atoms with Crippen LogP contribution < -0.4 is 9.47 Å². The average molecular weight is 370 g/mol. The Morgan fingerprint density at radius 3 is 2.78 bits per heavy atom. The third-order valence-electron chi connectivity index (χ3n) is 4.17. The maximum atomic E-state index is 14.4. The van der Waals surface area contributed by atoms with E-state index in [-0.39, 0.29) is 22.7 Å². The molecule has 1 N–H and O–H groups in total. The molecule has 0 amide bonds. The van der Waals surface area contributed by atoms with Crippen molar-refractivity contribution in [3.05, 3.63) is 53.7 Å². The fourth-order valence-electron chi connectivity index (χ4n) is 3.02. The number of fused-ring (bicyclic) bond motifs is 1. The van der Waals surface area contributed by atoms with Crippen LogP contribution in [0.3, 0.4) is 0 Å². The molecule has 0 saturated heterocycles. The molecular weight excluding hydrogens is 355 g/mol. The van der Waals surface area contributed by atoms with Crippen molar-refractivity contribution in [3.63, 3.8) is 0 Å². The molecule has 138 valence electrons. The van der Waals surface area contributed by atoms with Gasteiger partial charge in [0.1, 0.15) is 28.7 Å². The third kappa shape index (κ3) is 3.21. The van der Waals surface area contributed by atoms with Crippen LogP contribution in [0.1, 0.15) is 29.8 Å². The number of rotatable bonds is 4. The monoisotopic (exact) mass is 370 g/mol. The van der Waals surface area contributed by atoms with E-state index in [0.29, 0.717) is 17.9 Å². The van der Waals surface area contributed by atoms with Crippen molar-refractivity contribution in [2.75, 3.05) is 0 Å². The summed E-state index contributed by atoms with van der Waals surface area (Å²) in [5.41, 5.74) is 0.466. The first kappa shape index (κ1) is 17.0. The second-order valence-corrected chi connectivity index (χ2v) is 6.79. The van der Waals surface area contributed by atoms with E-state index in [1.807, 2.05) is 13.8 Å². The van der Waals surface area contributed by atoms with Gasteiger partial charge in [-0.15, -0.1) is 0 Å². The maximum Gasteiger partial charge on any atom is 0.335 e. The number of halogens is 1. The van der Waals surface area contributed by atoms with Gasteiger partial charge in [0.05, 0.1) is 11.1 Å². The van der Waals surface area contributed by atoms with E-state index < -0.39 is 17.4 Å². The molecule has 2 heterocycles. The molecule has 0 aliphatic carbocycles. The lowest BCUT2D eigenvalue weighted by Gasteiger charge is -2.16. The van der Waals surface area contributed by atoms with Gasteiger partial charge in [-0.3, -0.25) is 0 Å². The summed E-state index contributed by atoms with van der Waals surface area (Å²) in [6, 6.07) is 7.09. The van der Waals surface area contributed by atoms with Crippen molar-refractivity contribution in [2.45, 2.75) is 25.9 Å². The Kier molecular flexibility index (Phi) is 3.83. The minimum absolute atomic E-state index is 0.0327. The van der Waals surface area contributed by atoms with Gasteiger partial charge in [0.2, 0.25) is 12.2 Å². The van der Waals surface area contributed by atoms with Gasteiger partial charge in [0, 0.05) is 18.1 Å². The summed E-state index contributed by atoms with van der Waals surface area (Å²) in [6.07, 6.45) is 1.66. The van der Waals surface area contributed by atoms with Crippen molar-refractivity contribution in [1.82, 2.24) is 10.1 Å². The Morgan fingerprint density at radius 1 is 1.30 bits per heavy atom. The first-order valence-corrected chi connectivity index (χ1v) is 8.16. The topological polar surface area (TPSA) is 94.7 Å². The summed E-state index contributed by atoms with van der Waals surface area (Å²) in [5.74, 6) is -0.566. The van der Waals surface area contributed by atoms with Gasteiger partial charge in [0.25, 0.3) is 0 Å². The molecule has 3 aromatic rings. The van der Waals surface area contributed by atoms with Gasteiger partial charge in [-0.05, 0) is 38.1 Å². The van der Waals surface area contributed by atoms with E-state index in [4.69, 9.17) is 9.47 Å². The van der Waals surface area contributed by atoms with E-state index in [1.165, 1.54) is 24.3 Å². The molecule has 0 radical (unpaired) electrons. The predicted octanol–water partition coefficient (Wildman–Crippen LogP) is 4.08. The fourth-order valence-corrected chi connectivity index (χ4v) is 3.02. The van der Waals surface area contributed by atoms with Gasteiger partial charge >= 0.3 is 5.97 Å². The molecule has 8 heteroatoms. The van der Waals surface area contributed by atoms with Crippen LogP contribution in [-0.4, -0.2) is 26.8 Å². The highest BCUT2D eigenvalue weighted by Gasteiger charge is 2.34. The van der Waals surface area contributed by atoms with E-state index in [2.05, 4.69) is 14.7 Å². The van der Waals surface area contributed by atoms with Crippen molar-refractivity contribution in [3.8, 4) is 28.6 Å². The molecule has 1 aromatic heterocycles. The van der Waals surface area contributed by atoms with Gasteiger partial charge in [-0.1, -0.05) is 5.16 Å². The molecule has 27 heavy (non-hydrogen) atoms. The standard InChI is InChI=1S/C19H15FN2O5/c1-19(2)8-13-15(5-10(18(23)24)6-16(13)27-19)26-11-3-4-12(14(20)7-11)17-21-9-25-22-17/h3-7,9H,8H2,1-2H3,(H,23,24). The summed E-state index contributed by atoms with van der Waals surface area (Å²) < 4.78 is 30.6. The van der Waals surface area contributed by atoms with Crippen LogP contribution in [0.5, 0.6) is 17.2 Å². The number of hydrogen-bond acceptors (Lipinski definition) is 6. The van der Waals surface area contributed by atoms with Crippen molar-refractivity contribution < 1.29 is 28.3 Å². The molecule has 0 saturated carbocycles. The highest BCUT2D eigenvalue weighted by molar-refractivity contribution is 5.89. The largest absolute Gasteiger partial charge is 0.487 e. The molecule has 1 aliphatic heterocycles. The van der Waals surface area contributed by atoms with Gasteiger partial charge < -0.3 is 19.1 Å². The summed E-state index contributed by atoms with van der Waals surface area (Å²) in [5, 5.41) is 12.9. The van der Waals surface area contributed by atoms with Gasteiger partial charge in [-0.25, -0.2) is 9.18 Å². The molecule has 2 aromatic carbocycles. The second-order valence-electron chi connectivity index (χ2n) is 6.79. The number of aromatic carboxylic acids is 1. The molecule has 0 bridgehead atoms. The molecule has 0 fully saturated rings. The first-order chi connectivity index (χ1) is 12.8. The normalized spacial score (nSPS) is 14.5. The SMILES string of the molecule is CC1(C)Cc2c(Oc3ccc(-c4ncon4)c(F)c3)cc(C(=O)O)cc2O1. The zero-order valence-corrected chi connectivity index (χ0v) is 14.5. The van der Waals surface area contributed by atoms with Crippen LogP contribution in [0.15, 0.2) is 41.2 Å². The van der Waals surface area contributed by atoms with Gasteiger partial charge in [-0.2, -0.15) is 4.98 Å². The van der Waals surface area contributed by atoms with Crippen LogP contribution in [0, 0.1) is 5.82 Å². The van der Waals surface area contributed by atoms with Crippen LogP contribution >= 0.6 is 0 Å². The summed E-state index contributed by atoms with van der Waals surface area (Å²) in [7, 11) is 0. The predicted molar refractivity (Wildman–Crippen MR) is 91.6 cm³/mol. The highest BCUT2D eigenvalue weighted by Crippen LogP contribution is 2.43. The summed E-state index contributed by atoms with van der Waals surface area (Å²) in [6.45, 7) is 3.80. The van der Waals surface area contributed by atoms with Crippen LogP contribution in [0.2, 0.25) is 0 Å². The van der Waals surface area contributed by atoms with Crippen molar-refractivity contribution in [2.24, 2.45) is 0 Å². The minimum atomic E-state index is -1.10. The lowest BCUT2D eigenvalue weighted by atomic mass is 10.00. The Bertz CT molecular complexity index is 1030. The number of nitrogens with zero attached hydrogens (tertiary/aromatic N) is 2. The van der Waals surface area contributed by atoms with Crippen LogP contribution in [0.25, 0.3) is 11.4 Å². The molecule has 0 atom stereocenters. The number of carbonyl (C=O) groups is 1. The van der Waals surface area contributed by atoms with Gasteiger partial charge in [0.15, 0.2) is 0 Å². The minimum Gasteiger partial charge on any atom is -0.487 e. The highest BCUT2D eigenvalue weighted by atomic mass is 19.1. The zero-order chi connectivity index (χ0) is 19.2. The van der Waals surface area contributed by atoms with E-state index in [0.717, 1.165) is 12.0 Å².